The van der Waals surface area contributed by atoms with Gasteiger partial charge in [-0.05, 0) is 56.7 Å². The van der Waals surface area contributed by atoms with Crippen molar-refractivity contribution in [2.45, 2.75) is 38.6 Å². The maximum atomic E-state index is 12.5. The van der Waals surface area contributed by atoms with E-state index in [0.717, 1.165) is 5.56 Å². The summed E-state index contributed by atoms with van der Waals surface area (Å²) >= 11 is 11.7. The Morgan fingerprint density at radius 1 is 1.07 bits per heavy atom. The van der Waals surface area contributed by atoms with E-state index in [1.54, 1.807) is 20.8 Å². The monoisotopic (exact) mass is 441 g/mol. The summed E-state index contributed by atoms with van der Waals surface area (Å²) in [4.78, 5) is 0.0176. The summed E-state index contributed by atoms with van der Waals surface area (Å²) in [5, 5.41) is 8.51. The van der Waals surface area contributed by atoms with E-state index in [1.807, 2.05) is 31.2 Å². The lowest BCUT2D eigenvalue weighted by Crippen LogP contribution is -2.37. The molecule has 0 unspecified atom stereocenters. The normalized spacial score (nSPS) is 14.1. The van der Waals surface area contributed by atoms with Crippen LogP contribution in [0.15, 0.2) is 57.6 Å². The zero-order valence-electron chi connectivity index (χ0n) is 15.9. The minimum absolute atomic E-state index is 0.0176. The Hall–Kier alpha value is -1.93. The summed E-state index contributed by atoms with van der Waals surface area (Å²) < 4.78 is 33.1. The molecular formula is C19H21Cl2N3O3S. The molecule has 6 nitrogen and oxygen atoms in total. The Kier molecular flexibility index (Phi) is 7.60. The van der Waals surface area contributed by atoms with Crippen LogP contribution in [-0.2, 0) is 10.0 Å². The van der Waals surface area contributed by atoms with Crippen molar-refractivity contribution >= 4 is 44.8 Å². The Labute approximate surface area is 175 Å². The molecular weight excluding hydrogens is 421 g/mol. The van der Waals surface area contributed by atoms with Gasteiger partial charge >= 0.3 is 0 Å². The molecule has 0 radical (unpaired) electrons. The molecule has 1 N–H and O–H groups in total. The lowest BCUT2D eigenvalue weighted by atomic mass is 10.2. The molecule has 2 aromatic carbocycles. The fraction of sp³-hybridized carbons (Fsp3) is 0.263. The number of hydrogen-bond acceptors (Lipinski definition) is 5. The highest BCUT2D eigenvalue weighted by molar-refractivity contribution is 7.89. The van der Waals surface area contributed by atoms with Crippen LogP contribution in [0.2, 0.25) is 10.0 Å². The molecule has 0 spiro atoms. The number of halogens is 2. The van der Waals surface area contributed by atoms with Gasteiger partial charge in [0.05, 0.1) is 26.7 Å². The molecule has 0 bridgehead atoms. The third kappa shape index (κ3) is 6.31. The SMILES string of the molecule is C/C(=N\N=C(/C)[C@@H](C)NS(=O)(=O)c1ccc(Cl)c(Cl)c1)Oc1cccc(C)c1. The third-order valence-electron chi connectivity index (χ3n) is 3.76. The van der Waals surface area contributed by atoms with Gasteiger partial charge in [-0.15, -0.1) is 5.10 Å². The summed E-state index contributed by atoms with van der Waals surface area (Å²) in [5.74, 6) is 0.993. The van der Waals surface area contributed by atoms with Crippen molar-refractivity contribution in [2.24, 2.45) is 10.2 Å². The van der Waals surface area contributed by atoms with Crippen LogP contribution >= 0.6 is 23.2 Å². The zero-order valence-corrected chi connectivity index (χ0v) is 18.2. The molecule has 9 heteroatoms. The highest BCUT2D eigenvalue weighted by Gasteiger charge is 2.20. The highest BCUT2D eigenvalue weighted by atomic mass is 35.5. The van der Waals surface area contributed by atoms with Crippen molar-refractivity contribution in [3.05, 3.63) is 58.1 Å². The van der Waals surface area contributed by atoms with Crippen LogP contribution in [0.4, 0.5) is 0 Å². The fourth-order valence-electron chi connectivity index (χ4n) is 2.14. The van der Waals surface area contributed by atoms with E-state index in [9.17, 15) is 8.42 Å². The second kappa shape index (κ2) is 9.52. The summed E-state index contributed by atoms with van der Waals surface area (Å²) in [6.07, 6.45) is 0. The third-order valence-corrected chi connectivity index (χ3v) is 6.04. The topological polar surface area (TPSA) is 80.1 Å². The standard InChI is InChI=1S/C19H21Cl2N3O3S/c1-12-6-5-7-16(10-12)27-15(4)23-22-13(2)14(3)24-28(25,26)17-8-9-18(20)19(21)11-17/h5-11,14,24H,1-4H3/b22-13+,23-15+/t14-/m1/s1. The van der Waals surface area contributed by atoms with E-state index in [2.05, 4.69) is 14.9 Å². The Bertz CT molecular complexity index is 1020. The van der Waals surface area contributed by atoms with Crippen molar-refractivity contribution in [1.29, 1.82) is 0 Å². The van der Waals surface area contributed by atoms with Crippen LogP contribution in [0, 0.1) is 6.92 Å². The molecule has 0 aliphatic rings. The molecule has 0 fully saturated rings. The van der Waals surface area contributed by atoms with Gasteiger partial charge in [0.2, 0.25) is 15.9 Å². The van der Waals surface area contributed by atoms with Crippen LogP contribution in [-0.4, -0.2) is 26.1 Å². The van der Waals surface area contributed by atoms with Gasteiger partial charge in [0.1, 0.15) is 5.75 Å². The van der Waals surface area contributed by atoms with Gasteiger partial charge in [0, 0.05) is 6.92 Å². The van der Waals surface area contributed by atoms with E-state index < -0.39 is 16.1 Å². The summed E-state index contributed by atoms with van der Waals surface area (Å²) in [5.41, 5.74) is 1.53. The van der Waals surface area contributed by atoms with Gasteiger partial charge in [0.15, 0.2) is 0 Å². The van der Waals surface area contributed by atoms with Gasteiger partial charge in [0.25, 0.3) is 0 Å². The minimum atomic E-state index is -3.79. The number of hydrogen-bond donors (Lipinski definition) is 1. The van der Waals surface area contributed by atoms with Crippen molar-refractivity contribution < 1.29 is 13.2 Å². The average Bonchev–Trinajstić information content (AvgIpc) is 2.61. The Balaban J connectivity index is 2.07. The predicted molar refractivity (Wildman–Crippen MR) is 114 cm³/mol. The van der Waals surface area contributed by atoms with E-state index >= 15 is 0 Å². The summed E-state index contributed by atoms with van der Waals surface area (Å²) in [6, 6.07) is 11.1. The highest BCUT2D eigenvalue weighted by Crippen LogP contribution is 2.24. The first-order valence-electron chi connectivity index (χ1n) is 8.39. The second-order valence-electron chi connectivity index (χ2n) is 6.20. The molecule has 0 aliphatic carbocycles. The van der Waals surface area contributed by atoms with Gasteiger partial charge in [-0.25, -0.2) is 13.1 Å². The van der Waals surface area contributed by atoms with Crippen LogP contribution in [0.3, 0.4) is 0 Å². The molecule has 28 heavy (non-hydrogen) atoms. The number of nitrogens with one attached hydrogen (secondary N) is 1. The molecule has 0 saturated heterocycles. The number of aryl methyl sites for hydroxylation is 1. The first kappa shape index (κ1) is 22.4. The van der Waals surface area contributed by atoms with Gasteiger partial charge in [-0.3, -0.25) is 0 Å². The van der Waals surface area contributed by atoms with Crippen LogP contribution in [0.25, 0.3) is 0 Å². The van der Waals surface area contributed by atoms with E-state index in [1.165, 1.54) is 18.2 Å². The number of sulfonamides is 1. The molecule has 0 aliphatic heterocycles. The minimum Gasteiger partial charge on any atom is -0.442 e. The summed E-state index contributed by atoms with van der Waals surface area (Å²) in [6.45, 7) is 6.97. The molecule has 2 rings (SSSR count). The molecule has 1 atom stereocenters. The first-order chi connectivity index (χ1) is 13.1. The maximum Gasteiger partial charge on any atom is 0.241 e. The Morgan fingerprint density at radius 3 is 2.43 bits per heavy atom. The predicted octanol–water partition coefficient (Wildman–Crippen LogP) is 4.84. The zero-order chi connectivity index (χ0) is 20.9. The number of nitrogens with zero attached hydrogens (tertiary/aromatic N) is 2. The first-order valence-corrected chi connectivity index (χ1v) is 10.6. The van der Waals surface area contributed by atoms with Crippen molar-refractivity contribution in [1.82, 2.24) is 4.72 Å². The summed E-state index contributed by atoms with van der Waals surface area (Å²) in [7, 11) is -3.79. The maximum absolute atomic E-state index is 12.5. The molecule has 0 aromatic heterocycles. The van der Waals surface area contributed by atoms with Gasteiger partial charge in [-0.1, -0.05) is 35.3 Å². The second-order valence-corrected chi connectivity index (χ2v) is 8.73. The Morgan fingerprint density at radius 2 is 1.79 bits per heavy atom. The van der Waals surface area contributed by atoms with Gasteiger partial charge < -0.3 is 4.74 Å². The molecule has 0 heterocycles. The number of benzene rings is 2. The van der Waals surface area contributed by atoms with Crippen molar-refractivity contribution in [2.75, 3.05) is 0 Å². The largest absolute Gasteiger partial charge is 0.442 e. The van der Waals surface area contributed by atoms with Crippen molar-refractivity contribution in [3.8, 4) is 5.75 Å². The van der Waals surface area contributed by atoms with E-state index in [-0.39, 0.29) is 14.9 Å². The number of ether oxygens (including phenoxy) is 1. The average molecular weight is 442 g/mol. The molecule has 0 amide bonds. The van der Waals surface area contributed by atoms with Crippen LogP contribution in [0.5, 0.6) is 5.75 Å². The van der Waals surface area contributed by atoms with Crippen molar-refractivity contribution in [3.63, 3.8) is 0 Å². The number of rotatable bonds is 6. The van der Waals surface area contributed by atoms with Gasteiger partial charge in [-0.2, -0.15) is 5.10 Å². The van der Waals surface area contributed by atoms with E-state index in [0.29, 0.717) is 17.4 Å². The smallest absolute Gasteiger partial charge is 0.241 e. The molecule has 150 valence electrons. The lowest BCUT2D eigenvalue weighted by molar-refractivity contribution is 0.543. The van der Waals surface area contributed by atoms with Crippen LogP contribution < -0.4 is 9.46 Å². The lowest BCUT2D eigenvalue weighted by Gasteiger charge is -2.14. The molecule has 2 aromatic rings. The quantitative estimate of drug-likeness (QED) is 0.395. The molecule has 0 saturated carbocycles. The fourth-order valence-corrected chi connectivity index (χ4v) is 3.79. The van der Waals surface area contributed by atoms with E-state index in [4.69, 9.17) is 27.9 Å². The van der Waals surface area contributed by atoms with Crippen LogP contribution in [0.1, 0.15) is 26.3 Å².